The minimum Gasteiger partial charge on any atom is -0.497 e. The van der Waals surface area contributed by atoms with E-state index in [9.17, 15) is 9.59 Å². The van der Waals surface area contributed by atoms with Gasteiger partial charge in [-0.1, -0.05) is 6.07 Å². The number of rotatable bonds is 8. The van der Waals surface area contributed by atoms with Crippen LogP contribution in [0.1, 0.15) is 36.0 Å². The maximum absolute atomic E-state index is 12.2. The first-order valence-corrected chi connectivity index (χ1v) is 8.84. The third-order valence-electron chi connectivity index (χ3n) is 4.60. The molecular weight excluding hydrogens is 320 g/mol. The lowest BCUT2D eigenvalue weighted by atomic mass is 9.96. The lowest BCUT2D eigenvalue weighted by Crippen LogP contribution is -2.33. The molecule has 0 spiro atoms. The van der Waals surface area contributed by atoms with E-state index in [0.717, 1.165) is 39.0 Å². The highest BCUT2D eigenvalue weighted by atomic mass is 16.5. The number of nitrogens with zero attached hydrogens (tertiary/aromatic N) is 1. The fourth-order valence-electron chi connectivity index (χ4n) is 2.88. The summed E-state index contributed by atoms with van der Waals surface area (Å²) in [4.78, 5) is 26.0. The van der Waals surface area contributed by atoms with E-state index in [1.807, 2.05) is 7.05 Å². The average molecular weight is 348 g/mol. The van der Waals surface area contributed by atoms with Gasteiger partial charge < -0.3 is 19.7 Å². The van der Waals surface area contributed by atoms with Gasteiger partial charge in [-0.05, 0) is 43.4 Å². The predicted molar refractivity (Wildman–Crippen MR) is 95.7 cm³/mol. The van der Waals surface area contributed by atoms with Crippen molar-refractivity contribution in [1.29, 1.82) is 0 Å². The van der Waals surface area contributed by atoms with Gasteiger partial charge in [0.1, 0.15) is 5.75 Å². The number of carbonyl (C=O) groups excluding carboxylic acids is 2. The van der Waals surface area contributed by atoms with Crippen molar-refractivity contribution in [3.8, 4) is 5.75 Å². The van der Waals surface area contributed by atoms with Crippen molar-refractivity contribution in [2.75, 3.05) is 40.5 Å². The molecule has 6 nitrogen and oxygen atoms in total. The highest BCUT2D eigenvalue weighted by molar-refractivity contribution is 5.94. The van der Waals surface area contributed by atoms with E-state index in [2.05, 4.69) is 5.32 Å². The van der Waals surface area contributed by atoms with Crippen molar-refractivity contribution in [2.24, 2.45) is 5.92 Å². The van der Waals surface area contributed by atoms with E-state index < -0.39 is 0 Å². The summed E-state index contributed by atoms with van der Waals surface area (Å²) < 4.78 is 10.5. The Labute approximate surface area is 149 Å². The third kappa shape index (κ3) is 6.38. The third-order valence-corrected chi connectivity index (χ3v) is 4.60. The molecule has 6 heteroatoms. The molecule has 1 fully saturated rings. The molecule has 0 unspecified atom stereocenters. The molecule has 1 aromatic rings. The van der Waals surface area contributed by atoms with Crippen molar-refractivity contribution in [3.63, 3.8) is 0 Å². The molecular formula is C19H28N2O4. The molecule has 25 heavy (non-hydrogen) atoms. The van der Waals surface area contributed by atoms with Crippen LogP contribution in [0.3, 0.4) is 0 Å². The molecule has 2 rings (SSSR count). The highest BCUT2D eigenvalue weighted by Gasteiger charge is 2.16. The molecule has 0 radical (unpaired) electrons. The number of nitrogens with one attached hydrogen (secondary N) is 1. The molecule has 1 aliphatic rings. The van der Waals surface area contributed by atoms with Crippen LogP contribution in [-0.2, 0) is 9.53 Å². The molecule has 1 saturated heterocycles. The van der Waals surface area contributed by atoms with Crippen molar-refractivity contribution in [3.05, 3.63) is 29.8 Å². The molecule has 1 heterocycles. The largest absolute Gasteiger partial charge is 0.497 e. The van der Waals surface area contributed by atoms with Crippen molar-refractivity contribution in [1.82, 2.24) is 10.2 Å². The normalized spacial score (nSPS) is 14.8. The summed E-state index contributed by atoms with van der Waals surface area (Å²) in [5.41, 5.74) is 0.527. The van der Waals surface area contributed by atoms with Crippen LogP contribution in [0.5, 0.6) is 5.75 Å². The standard InChI is InChI=1S/C19H28N2O4/c1-21(11-7-15-8-12-25-13-9-15)18(22)6-10-20-19(23)16-4-3-5-17(14-16)24-2/h3-5,14-15H,6-13H2,1-2H3,(H,20,23). The topological polar surface area (TPSA) is 67.9 Å². The maximum Gasteiger partial charge on any atom is 0.251 e. The van der Waals surface area contributed by atoms with Crippen LogP contribution >= 0.6 is 0 Å². The van der Waals surface area contributed by atoms with Crippen LogP contribution in [0, 0.1) is 5.92 Å². The van der Waals surface area contributed by atoms with Crippen molar-refractivity contribution >= 4 is 11.8 Å². The van der Waals surface area contributed by atoms with Crippen LogP contribution in [0.2, 0.25) is 0 Å². The number of amides is 2. The van der Waals surface area contributed by atoms with E-state index in [0.29, 0.717) is 30.2 Å². The fourth-order valence-corrected chi connectivity index (χ4v) is 2.88. The van der Waals surface area contributed by atoms with Gasteiger partial charge in [-0.15, -0.1) is 0 Å². The summed E-state index contributed by atoms with van der Waals surface area (Å²) in [5.74, 6) is 1.14. The quantitative estimate of drug-likeness (QED) is 0.781. The van der Waals surface area contributed by atoms with E-state index >= 15 is 0 Å². The Bertz CT molecular complexity index is 570. The van der Waals surface area contributed by atoms with E-state index in [-0.39, 0.29) is 11.8 Å². The number of hydrogen-bond donors (Lipinski definition) is 1. The Morgan fingerprint density at radius 1 is 1.32 bits per heavy atom. The van der Waals surface area contributed by atoms with Gasteiger partial charge in [0.25, 0.3) is 5.91 Å². The van der Waals surface area contributed by atoms with Gasteiger partial charge in [-0.25, -0.2) is 0 Å². The summed E-state index contributed by atoms with van der Waals surface area (Å²) in [6, 6.07) is 6.95. The second-order valence-corrected chi connectivity index (χ2v) is 6.40. The summed E-state index contributed by atoms with van der Waals surface area (Å²) in [5, 5.41) is 2.78. The number of carbonyl (C=O) groups is 2. The minimum atomic E-state index is -0.198. The van der Waals surface area contributed by atoms with E-state index in [1.165, 1.54) is 0 Å². The molecule has 0 atom stereocenters. The lowest BCUT2D eigenvalue weighted by Gasteiger charge is -2.25. The monoisotopic (exact) mass is 348 g/mol. The summed E-state index contributed by atoms with van der Waals surface area (Å²) in [7, 11) is 3.39. The Balaban J connectivity index is 1.67. The molecule has 1 aromatic carbocycles. The van der Waals surface area contributed by atoms with E-state index in [4.69, 9.17) is 9.47 Å². The van der Waals surface area contributed by atoms with Gasteiger partial charge in [-0.2, -0.15) is 0 Å². The second-order valence-electron chi connectivity index (χ2n) is 6.40. The van der Waals surface area contributed by atoms with E-state index in [1.54, 1.807) is 36.3 Å². The maximum atomic E-state index is 12.2. The van der Waals surface area contributed by atoms with Gasteiger partial charge >= 0.3 is 0 Å². The number of hydrogen-bond acceptors (Lipinski definition) is 4. The molecule has 138 valence electrons. The highest BCUT2D eigenvalue weighted by Crippen LogP contribution is 2.18. The van der Waals surface area contributed by atoms with Gasteiger partial charge in [0.05, 0.1) is 7.11 Å². The molecule has 0 bridgehead atoms. The zero-order chi connectivity index (χ0) is 18.1. The van der Waals surface area contributed by atoms with Crippen LogP contribution in [0.4, 0.5) is 0 Å². The Morgan fingerprint density at radius 2 is 2.08 bits per heavy atom. The summed E-state index contributed by atoms with van der Waals surface area (Å²) in [6.07, 6.45) is 3.49. The zero-order valence-electron chi connectivity index (χ0n) is 15.1. The van der Waals surface area contributed by atoms with Gasteiger partial charge in [0.15, 0.2) is 0 Å². The Morgan fingerprint density at radius 3 is 2.80 bits per heavy atom. The second kappa shape index (κ2) is 10.0. The summed E-state index contributed by atoms with van der Waals surface area (Å²) >= 11 is 0. The molecule has 0 aromatic heterocycles. The number of methoxy groups -OCH3 is 1. The van der Waals surface area contributed by atoms with Crippen LogP contribution in [0.15, 0.2) is 24.3 Å². The molecule has 0 aliphatic carbocycles. The van der Waals surface area contributed by atoms with Gasteiger partial charge in [-0.3, -0.25) is 9.59 Å². The first-order valence-electron chi connectivity index (χ1n) is 8.84. The van der Waals surface area contributed by atoms with Gasteiger partial charge in [0, 0.05) is 45.3 Å². The zero-order valence-corrected chi connectivity index (χ0v) is 15.1. The Hall–Kier alpha value is -2.08. The Kier molecular flexibility index (Phi) is 7.73. The summed E-state index contributed by atoms with van der Waals surface area (Å²) in [6.45, 7) is 2.75. The van der Waals surface area contributed by atoms with Crippen LogP contribution < -0.4 is 10.1 Å². The molecule has 1 aliphatic heterocycles. The van der Waals surface area contributed by atoms with Crippen LogP contribution in [-0.4, -0.2) is 57.2 Å². The molecule has 2 amide bonds. The number of ether oxygens (including phenoxy) is 2. The average Bonchev–Trinajstić information content (AvgIpc) is 2.66. The fraction of sp³-hybridized carbons (Fsp3) is 0.579. The first kappa shape index (κ1) is 19.2. The van der Waals surface area contributed by atoms with Crippen LogP contribution in [0.25, 0.3) is 0 Å². The smallest absolute Gasteiger partial charge is 0.251 e. The lowest BCUT2D eigenvalue weighted by molar-refractivity contribution is -0.130. The SMILES string of the molecule is COc1cccc(C(=O)NCCC(=O)N(C)CCC2CCOCC2)c1. The van der Waals surface area contributed by atoms with Gasteiger partial charge in [0.2, 0.25) is 5.91 Å². The van der Waals surface area contributed by atoms with Crippen molar-refractivity contribution in [2.45, 2.75) is 25.7 Å². The first-order chi connectivity index (χ1) is 12.1. The number of benzene rings is 1. The molecule has 0 saturated carbocycles. The minimum absolute atomic E-state index is 0.0537. The van der Waals surface area contributed by atoms with Crippen molar-refractivity contribution < 1.29 is 19.1 Å². The predicted octanol–water partition coefficient (Wildman–Crippen LogP) is 2.09. The molecule has 1 N–H and O–H groups in total.